The summed E-state index contributed by atoms with van der Waals surface area (Å²) >= 11 is 7.62. The minimum absolute atomic E-state index is 0.244. The lowest BCUT2D eigenvalue weighted by Crippen LogP contribution is -2.34. The molecular weight excluding hydrogens is 362 g/mol. The Balaban J connectivity index is 1.41. The van der Waals surface area contributed by atoms with Crippen LogP contribution in [0.25, 0.3) is 0 Å². The Bertz CT molecular complexity index is 748. The highest BCUT2D eigenvalue weighted by Gasteiger charge is 2.27. The van der Waals surface area contributed by atoms with E-state index in [1.54, 1.807) is 29.5 Å². The quantitative estimate of drug-likeness (QED) is 0.784. The molecule has 1 aromatic heterocycles. The first-order chi connectivity index (χ1) is 12.1. The van der Waals surface area contributed by atoms with E-state index in [1.807, 2.05) is 17.5 Å². The number of amides is 1. The first-order valence-corrected chi connectivity index (χ1v) is 9.24. The Labute approximate surface area is 154 Å². The average Bonchev–Trinajstić information content (AvgIpc) is 3.12. The first kappa shape index (κ1) is 17.8. The number of benzene rings is 1. The van der Waals surface area contributed by atoms with Gasteiger partial charge < -0.3 is 14.8 Å². The molecule has 1 N–H and O–H groups in total. The van der Waals surface area contributed by atoms with Crippen LogP contribution < -0.4 is 10.1 Å². The van der Waals surface area contributed by atoms with Gasteiger partial charge in [-0.2, -0.15) is 0 Å². The zero-order chi connectivity index (χ0) is 17.6. The molecule has 0 aliphatic carbocycles. The molecule has 0 spiro atoms. The number of halogens is 1. The van der Waals surface area contributed by atoms with E-state index in [1.165, 1.54) is 4.88 Å². The van der Waals surface area contributed by atoms with Gasteiger partial charge in [0.15, 0.2) is 6.61 Å². The number of hydrogen-bond donors (Lipinski definition) is 1. The van der Waals surface area contributed by atoms with Crippen molar-refractivity contribution in [2.75, 3.05) is 19.8 Å². The molecule has 1 amide bonds. The number of carbonyl (C=O) groups excluding carboxylic acids is 2. The van der Waals surface area contributed by atoms with Crippen LogP contribution in [0, 0.1) is 5.92 Å². The Morgan fingerprint density at radius 3 is 3.04 bits per heavy atom. The second kappa shape index (κ2) is 8.36. The van der Waals surface area contributed by atoms with E-state index in [4.69, 9.17) is 21.1 Å². The van der Waals surface area contributed by atoms with Crippen molar-refractivity contribution in [1.29, 1.82) is 0 Å². The van der Waals surface area contributed by atoms with Gasteiger partial charge in [-0.3, -0.25) is 9.59 Å². The van der Waals surface area contributed by atoms with E-state index in [0.29, 0.717) is 18.0 Å². The van der Waals surface area contributed by atoms with Gasteiger partial charge in [0.05, 0.1) is 5.92 Å². The lowest BCUT2D eigenvalue weighted by atomic mass is 9.97. The summed E-state index contributed by atoms with van der Waals surface area (Å²) in [5.41, 5.74) is 0.876. The topological polar surface area (TPSA) is 64.6 Å². The van der Waals surface area contributed by atoms with Crippen LogP contribution in [0.1, 0.15) is 10.4 Å². The van der Waals surface area contributed by atoms with Crippen molar-refractivity contribution in [3.63, 3.8) is 0 Å². The minimum Gasteiger partial charge on any atom is -0.492 e. The fourth-order valence-corrected chi connectivity index (χ4v) is 3.50. The van der Waals surface area contributed by atoms with Crippen molar-refractivity contribution in [3.8, 4) is 5.75 Å². The first-order valence-electron chi connectivity index (χ1n) is 7.99. The van der Waals surface area contributed by atoms with Crippen LogP contribution in [-0.2, 0) is 27.2 Å². The molecule has 1 aromatic carbocycles. The number of thiophene rings is 1. The normalized spacial score (nSPS) is 15.8. The van der Waals surface area contributed by atoms with Crippen molar-refractivity contribution < 1.29 is 19.1 Å². The molecule has 2 aromatic rings. The Hall–Kier alpha value is -2.05. The zero-order valence-electron chi connectivity index (χ0n) is 13.5. The van der Waals surface area contributed by atoms with E-state index in [2.05, 4.69) is 5.32 Å². The number of rotatable bonds is 6. The maximum absolute atomic E-state index is 12.1. The predicted molar refractivity (Wildman–Crippen MR) is 96.1 cm³/mol. The third-order valence-electron chi connectivity index (χ3n) is 3.88. The van der Waals surface area contributed by atoms with Gasteiger partial charge in [-0.25, -0.2) is 0 Å². The van der Waals surface area contributed by atoms with Gasteiger partial charge in [-0.15, -0.1) is 11.3 Å². The van der Waals surface area contributed by atoms with Gasteiger partial charge in [0.2, 0.25) is 0 Å². The summed E-state index contributed by atoms with van der Waals surface area (Å²) in [6.45, 7) is 0.491. The summed E-state index contributed by atoms with van der Waals surface area (Å²) in [6.07, 6.45) is 1.26. The lowest BCUT2D eigenvalue weighted by Gasteiger charge is -2.24. The summed E-state index contributed by atoms with van der Waals surface area (Å²) in [7, 11) is 0. The van der Waals surface area contributed by atoms with Gasteiger partial charge in [0, 0.05) is 16.4 Å². The Morgan fingerprint density at radius 2 is 2.24 bits per heavy atom. The maximum atomic E-state index is 12.1. The number of esters is 1. The van der Waals surface area contributed by atoms with Gasteiger partial charge in [0.1, 0.15) is 12.4 Å². The fraction of sp³-hybridized carbons (Fsp3) is 0.333. The number of ether oxygens (including phenoxy) is 2. The highest BCUT2D eigenvalue weighted by molar-refractivity contribution is 7.09. The summed E-state index contributed by atoms with van der Waals surface area (Å²) in [4.78, 5) is 25.1. The van der Waals surface area contributed by atoms with Crippen LogP contribution in [0.15, 0.2) is 35.7 Å². The molecule has 0 saturated heterocycles. The van der Waals surface area contributed by atoms with Gasteiger partial charge >= 0.3 is 5.97 Å². The largest absolute Gasteiger partial charge is 0.492 e. The molecule has 3 rings (SSSR count). The molecule has 1 atom stereocenters. The van der Waals surface area contributed by atoms with E-state index in [-0.39, 0.29) is 19.1 Å². The van der Waals surface area contributed by atoms with Crippen molar-refractivity contribution in [2.24, 2.45) is 5.92 Å². The molecule has 132 valence electrons. The van der Waals surface area contributed by atoms with E-state index >= 15 is 0 Å². The third-order valence-corrected chi connectivity index (χ3v) is 5.05. The van der Waals surface area contributed by atoms with Gasteiger partial charge in [-0.05, 0) is 48.1 Å². The molecule has 0 bridgehead atoms. The van der Waals surface area contributed by atoms with E-state index in [9.17, 15) is 9.59 Å². The number of hydrogen-bond acceptors (Lipinski definition) is 5. The molecule has 0 saturated carbocycles. The van der Waals surface area contributed by atoms with Crippen LogP contribution in [-0.4, -0.2) is 31.6 Å². The highest BCUT2D eigenvalue weighted by Crippen LogP contribution is 2.30. The third kappa shape index (κ3) is 4.96. The standard InChI is InChI=1S/C18H18ClNO4S/c19-14-3-4-16-12(9-14)8-13(10-23-16)18(22)24-11-17(21)20-6-5-15-2-1-7-25-15/h1-4,7,9,13H,5-6,8,10-11H2,(H,20,21)/t13-/m0/s1. The molecule has 1 aliphatic rings. The summed E-state index contributed by atoms with van der Waals surface area (Å²) in [5.74, 6) is -0.422. The Morgan fingerprint density at radius 1 is 1.36 bits per heavy atom. The molecule has 25 heavy (non-hydrogen) atoms. The Kier molecular flexibility index (Phi) is 5.94. The molecule has 0 radical (unpaired) electrons. The molecular formula is C18H18ClNO4S. The van der Waals surface area contributed by atoms with Crippen LogP contribution in [0.5, 0.6) is 5.75 Å². The summed E-state index contributed by atoms with van der Waals surface area (Å²) in [6, 6.07) is 9.32. The van der Waals surface area contributed by atoms with E-state index < -0.39 is 11.9 Å². The molecule has 0 unspecified atom stereocenters. The lowest BCUT2D eigenvalue weighted by molar-refractivity contribution is -0.153. The second-order valence-corrected chi connectivity index (χ2v) is 7.22. The zero-order valence-corrected chi connectivity index (χ0v) is 15.1. The molecule has 5 nitrogen and oxygen atoms in total. The molecule has 1 aliphatic heterocycles. The predicted octanol–water partition coefficient (Wildman–Crippen LogP) is 2.85. The molecule has 7 heteroatoms. The average molecular weight is 380 g/mol. The minimum atomic E-state index is -0.431. The number of carbonyl (C=O) groups is 2. The van der Waals surface area contributed by atoms with Crippen LogP contribution in [0.2, 0.25) is 5.02 Å². The van der Waals surface area contributed by atoms with Crippen LogP contribution >= 0.6 is 22.9 Å². The van der Waals surface area contributed by atoms with Gasteiger partial charge in [0.25, 0.3) is 5.91 Å². The monoisotopic (exact) mass is 379 g/mol. The van der Waals surface area contributed by atoms with Crippen molar-refractivity contribution in [2.45, 2.75) is 12.8 Å². The van der Waals surface area contributed by atoms with Gasteiger partial charge in [-0.1, -0.05) is 17.7 Å². The maximum Gasteiger partial charge on any atom is 0.313 e. The second-order valence-electron chi connectivity index (χ2n) is 5.75. The van der Waals surface area contributed by atoms with Crippen molar-refractivity contribution in [1.82, 2.24) is 5.32 Å². The van der Waals surface area contributed by atoms with E-state index in [0.717, 1.165) is 17.7 Å². The summed E-state index contributed by atoms with van der Waals surface area (Å²) in [5, 5.41) is 5.34. The number of fused-ring (bicyclic) bond motifs is 1. The van der Waals surface area contributed by atoms with Crippen LogP contribution in [0.4, 0.5) is 0 Å². The van der Waals surface area contributed by atoms with Crippen molar-refractivity contribution in [3.05, 3.63) is 51.2 Å². The fourth-order valence-electron chi connectivity index (χ4n) is 2.60. The summed E-state index contributed by atoms with van der Waals surface area (Å²) < 4.78 is 10.7. The van der Waals surface area contributed by atoms with Crippen LogP contribution in [0.3, 0.4) is 0 Å². The molecule has 2 heterocycles. The smallest absolute Gasteiger partial charge is 0.313 e. The van der Waals surface area contributed by atoms with Crippen molar-refractivity contribution >= 4 is 34.8 Å². The SMILES string of the molecule is O=C(COC(=O)[C@@H]1COc2ccc(Cl)cc2C1)NCCc1cccs1. The number of nitrogens with one attached hydrogen (secondary N) is 1. The molecule has 0 fully saturated rings. The highest BCUT2D eigenvalue weighted by atomic mass is 35.5.